The lowest BCUT2D eigenvalue weighted by atomic mass is 10.00. The molecule has 0 atom stereocenters. The van der Waals surface area contributed by atoms with Gasteiger partial charge in [-0.1, -0.05) is 53.1 Å². The van der Waals surface area contributed by atoms with Crippen molar-refractivity contribution in [2.75, 3.05) is 5.32 Å². The zero-order chi connectivity index (χ0) is 19.0. The van der Waals surface area contributed by atoms with E-state index < -0.39 is 0 Å². The number of hydrogen-bond donors (Lipinski definition) is 2. The number of nitrogens with one attached hydrogen (secondary N) is 2. The molecule has 0 aliphatic rings. The van der Waals surface area contributed by atoms with Gasteiger partial charge in [0, 0.05) is 16.0 Å². The standard InChI is InChI=1S/C22H18ClN3O/c1-13-8-14(2)10-17(9-13)15-6-7-19-20(12-15)25-26-21(19)24-22(27)16-4-3-5-18(23)11-16/h3-12H,1-2H3,(H2,24,25,26,27). The monoisotopic (exact) mass is 375 g/mol. The highest BCUT2D eigenvalue weighted by molar-refractivity contribution is 6.31. The van der Waals surface area contributed by atoms with E-state index in [0.717, 1.165) is 22.0 Å². The van der Waals surface area contributed by atoms with E-state index in [1.54, 1.807) is 24.3 Å². The van der Waals surface area contributed by atoms with Gasteiger partial charge in [-0.05, 0) is 55.3 Å². The Morgan fingerprint density at radius 1 is 0.963 bits per heavy atom. The number of aromatic nitrogens is 2. The molecule has 0 fully saturated rings. The molecule has 0 radical (unpaired) electrons. The number of aromatic amines is 1. The Balaban J connectivity index is 1.65. The van der Waals surface area contributed by atoms with E-state index in [1.807, 2.05) is 18.2 Å². The molecule has 134 valence electrons. The number of benzene rings is 3. The number of halogens is 1. The zero-order valence-corrected chi connectivity index (χ0v) is 15.8. The number of H-pyrrole nitrogens is 1. The van der Waals surface area contributed by atoms with Gasteiger partial charge >= 0.3 is 0 Å². The van der Waals surface area contributed by atoms with E-state index in [9.17, 15) is 4.79 Å². The second-order valence-electron chi connectivity index (χ2n) is 6.67. The first-order valence-corrected chi connectivity index (χ1v) is 9.01. The highest BCUT2D eigenvalue weighted by Gasteiger charge is 2.12. The molecule has 1 aromatic heterocycles. The summed E-state index contributed by atoms with van der Waals surface area (Å²) in [5, 5.41) is 11.5. The number of hydrogen-bond acceptors (Lipinski definition) is 2. The minimum absolute atomic E-state index is 0.246. The van der Waals surface area contributed by atoms with Crippen molar-refractivity contribution in [1.29, 1.82) is 0 Å². The fraction of sp³-hybridized carbons (Fsp3) is 0.0909. The van der Waals surface area contributed by atoms with Crippen molar-refractivity contribution in [2.24, 2.45) is 0 Å². The maximum absolute atomic E-state index is 12.4. The molecule has 4 aromatic rings. The van der Waals surface area contributed by atoms with Gasteiger partial charge in [0.15, 0.2) is 5.82 Å². The number of rotatable bonds is 3. The molecule has 2 N–H and O–H groups in total. The maximum Gasteiger partial charge on any atom is 0.256 e. The van der Waals surface area contributed by atoms with Gasteiger partial charge < -0.3 is 5.32 Å². The third-order valence-corrected chi connectivity index (χ3v) is 4.67. The normalized spacial score (nSPS) is 10.9. The molecule has 4 nitrogen and oxygen atoms in total. The molecular weight excluding hydrogens is 358 g/mol. The average Bonchev–Trinajstić information content (AvgIpc) is 3.03. The highest BCUT2D eigenvalue weighted by Crippen LogP contribution is 2.28. The number of nitrogens with zero attached hydrogens (tertiary/aromatic N) is 1. The number of anilines is 1. The number of aryl methyl sites for hydroxylation is 2. The largest absolute Gasteiger partial charge is 0.305 e. The van der Waals surface area contributed by atoms with Crippen LogP contribution in [0.1, 0.15) is 21.5 Å². The lowest BCUT2D eigenvalue weighted by Gasteiger charge is -2.06. The fourth-order valence-electron chi connectivity index (χ4n) is 3.25. The minimum Gasteiger partial charge on any atom is -0.305 e. The van der Waals surface area contributed by atoms with Crippen LogP contribution in [0, 0.1) is 13.8 Å². The van der Waals surface area contributed by atoms with E-state index in [2.05, 4.69) is 47.6 Å². The van der Waals surface area contributed by atoms with E-state index >= 15 is 0 Å². The second kappa shape index (κ2) is 6.89. The van der Waals surface area contributed by atoms with Crippen molar-refractivity contribution in [3.05, 3.63) is 82.4 Å². The van der Waals surface area contributed by atoms with Crippen molar-refractivity contribution in [3.8, 4) is 11.1 Å². The molecule has 4 rings (SSSR count). The second-order valence-corrected chi connectivity index (χ2v) is 7.11. The smallest absolute Gasteiger partial charge is 0.256 e. The van der Waals surface area contributed by atoms with Crippen LogP contribution in [-0.4, -0.2) is 16.1 Å². The summed E-state index contributed by atoms with van der Waals surface area (Å²) < 4.78 is 0. The highest BCUT2D eigenvalue weighted by atomic mass is 35.5. The quantitative estimate of drug-likeness (QED) is 0.478. The third kappa shape index (κ3) is 3.57. The lowest BCUT2D eigenvalue weighted by molar-refractivity contribution is 0.102. The molecule has 0 aliphatic carbocycles. The number of carbonyl (C=O) groups is 1. The Morgan fingerprint density at radius 3 is 2.48 bits per heavy atom. The van der Waals surface area contributed by atoms with E-state index in [1.165, 1.54) is 11.1 Å². The third-order valence-electron chi connectivity index (χ3n) is 4.44. The van der Waals surface area contributed by atoms with E-state index in [4.69, 9.17) is 11.6 Å². The van der Waals surface area contributed by atoms with Gasteiger partial charge in [-0.2, -0.15) is 5.10 Å². The minimum atomic E-state index is -0.246. The van der Waals surface area contributed by atoms with Crippen molar-refractivity contribution in [1.82, 2.24) is 10.2 Å². The van der Waals surface area contributed by atoms with Crippen LogP contribution < -0.4 is 5.32 Å². The molecule has 0 unspecified atom stereocenters. The van der Waals surface area contributed by atoms with Gasteiger partial charge in [-0.3, -0.25) is 9.89 Å². The van der Waals surface area contributed by atoms with Crippen LogP contribution in [0.25, 0.3) is 22.0 Å². The summed E-state index contributed by atoms with van der Waals surface area (Å²) in [6.45, 7) is 4.18. The Bertz CT molecular complexity index is 1140. The summed E-state index contributed by atoms with van der Waals surface area (Å²) in [6, 6.07) is 19.4. The molecule has 1 amide bonds. The van der Waals surface area contributed by atoms with Crippen molar-refractivity contribution in [3.63, 3.8) is 0 Å². The Labute approximate surface area is 162 Å². The predicted molar refractivity (Wildman–Crippen MR) is 110 cm³/mol. The first kappa shape index (κ1) is 17.3. The number of amides is 1. The van der Waals surface area contributed by atoms with Crippen LogP contribution >= 0.6 is 11.6 Å². The van der Waals surface area contributed by atoms with Gasteiger partial charge in [-0.25, -0.2) is 0 Å². The topological polar surface area (TPSA) is 57.8 Å². The summed E-state index contributed by atoms with van der Waals surface area (Å²) in [7, 11) is 0. The summed E-state index contributed by atoms with van der Waals surface area (Å²) in [4.78, 5) is 12.4. The number of fused-ring (bicyclic) bond motifs is 1. The molecule has 0 saturated heterocycles. The van der Waals surface area contributed by atoms with Crippen LogP contribution in [-0.2, 0) is 0 Å². The molecular formula is C22H18ClN3O. The maximum atomic E-state index is 12.4. The van der Waals surface area contributed by atoms with Gasteiger partial charge in [0.05, 0.1) is 5.52 Å². The van der Waals surface area contributed by atoms with Gasteiger partial charge in [0.1, 0.15) is 0 Å². The predicted octanol–water partition coefficient (Wildman–Crippen LogP) is 5.75. The average molecular weight is 376 g/mol. The van der Waals surface area contributed by atoms with Crippen molar-refractivity contribution >= 4 is 34.2 Å². The Kier molecular flexibility index (Phi) is 4.42. The lowest BCUT2D eigenvalue weighted by Crippen LogP contribution is -2.12. The van der Waals surface area contributed by atoms with Crippen LogP contribution in [0.5, 0.6) is 0 Å². The fourth-order valence-corrected chi connectivity index (χ4v) is 3.44. The molecule has 5 heteroatoms. The van der Waals surface area contributed by atoms with Crippen LogP contribution in [0.2, 0.25) is 5.02 Å². The first-order chi connectivity index (χ1) is 13.0. The molecule has 27 heavy (non-hydrogen) atoms. The van der Waals surface area contributed by atoms with Crippen LogP contribution in [0.15, 0.2) is 60.7 Å². The SMILES string of the molecule is Cc1cc(C)cc(-c2ccc3c(NC(=O)c4cccc(Cl)c4)n[nH]c3c2)c1. The van der Waals surface area contributed by atoms with Crippen molar-refractivity contribution < 1.29 is 4.79 Å². The van der Waals surface area contributed by atoms with Gasteiger partial charge in [-0.15, -0.1) is 0 Å². The number of carbonyl (C=O) groups excluding carboxylic acids is 1. The molecule has 0 bridgehead atoms. The Hall–Kier alpha value is -3.11. The van der Waals surface area contributed by atoms with Gasteiger partial charge in [0.25, 0.3) is 5.91 Å². The summed E-state index contributed by atoms with van der Waals surface area (Å²) in [6.07, 6.45) is 0. The molecule has 0 aliphatic heterocycles. The molecule has 1 heterocycles. The van der Waals surface area contributed by atoms with Crippen LogP contribution in [0.4, 0.5) is 5.82 Å². The zero-order valence-electron chi connectivity index (χ0n) is 15.0. The van der Waals surface area contributed by atoms with Crippen molar-refractivity contribution in [2.45, 2.75) is 13.8 Å². The summed E-state index contributed by atoms with van der Waals surface area (Å²) in [5.41, 5.74) is 6.08. The molecule has 0 saturated carbocycles. The van der Waals surface area contributed by atoms with E-state index in [-0.39, 0.29) is 5.91 Å². The van der Waals surface area contributed by atoms with Gasteiger partial charge in [0.2, 0.25) is 0 Å². The molecule has 0 spiro atoms. The van der Waals surface area contributed by atoms with E-state index in [0.29, 0.717) is 16.4 Å². The Morgan fingerprint density at radius 2 is 1.74 bits per heavy atom. The summed E-state index contributed by atoms with van der Waals surface area (Å²) in [5.74, 6) is 0.256. The summed E-state index contributed by atoms with van der Waals surface area (Å²) >= 11 is 5.96. The van der Waals surface area contributed by atoms with Crippen LogP contribution in [0.3, 0.4) is 0 Å². The molecule has 3 aromatic carbocycles. The first-order valence-electron chi connectivity index (χ1n) is 8.63.